The van der Waals surface area contributed by atoms with E-state index in [2.05, 4.69) is 10.3 Å². The molecule has 5 heteroatoms. The summed E-state index contributed by atoms with van der Waals surface area (Å²) in [6.45, 7) is 2.44. The maximum Gasteiger partial charge on any atom is 0.255 e. The van der Waals surface area contributed by atoms with Crippen LogP contribution in [-0.4, -0.2) is 31.0 Å². The standard InChI is InChI=1S/C13H19F2N3/c1-9-10(7-16-11-4-5-11)3-6-13(17-9)18(2)8-12(14)15/h3,6,11-12,16H,4-5,7-8H2,1-2H3. The molecule has 2 rings (SSSR count). The number of hydrogen-bond donors (Lipinski definition) is 1. The predicted molar refractivity (Wildman–Crippen MR) is 68.1 cm³/mol. The summed E-state index contributed by atoms with van der Waals surface area (Å²) in [6.07, 6.45) is 0.164. The molecule has 0 atom stereocenters. The van der Waals surface area contributed by atoms with Crippen molar-refractivity contribution in [3.63, 3.8) is 0 Å². The average Bonchev–Trinajstić information content (AvgIpc) is 3.10. The molecular weight excluding hydrogens is 236 g/mol. The van der Waals surface area contributed by atoms with E-state index in [4.69, 9.17) is 0 Å². The number of aromatic nitrogens is 1. The SMILES string of the molecule is Cc1nc(N(C)CC(F)F)ccc1CNC1CC1. The normalized spacial score (nSPS) is 15.2. The van der Waals surface area contributed by atoms with Crippen molar-refractivity contribution in [2.24, 2.45) is 0 Å². The summed E-state index contributed by atoms with van der Waals surface area (Å²) in [7, 11) is 1.63. The number of pyridine rings is 1. The Hall–Kier alpha value is -1.23. The Bertz CT molecular complexity index is 405. The van der Waals surface area contributed by atoms with Crippen LogP contribution in [0.4, 0.5) is 14.6 Å². The largest absolute Gasteiger partial charge is 0.354 e. The van der Waals surface area contributed by atoms with Crippen molar-refractivity contribution >= 4 is 5.82 Å². The lowest BCUT2D eigenvalue weighted by Gasteiger charge is -2.19. The van der Waals surface area contributed by atoms with E-state index >= 15 is 0 Å². The van der Waals surface area contributed by atoms with Gasteiger partial charge in [-0.15, -0.1) is 0 Å². The fourth-order valence-electron chi connectivity index (χ4n) is 1.82. The van der Waals surface area contributed by atoms with Gasteiger partial charge in [-0.25, -0.2) is 13.8 Å². The van der Waals surface area contributed by atoms with Gasteiger partial charge in [0.1, 0.15) is 5.82 Å². The van der Waals surface area contributed by atoms with Gasteiger partial charge in [0.25, 0.3) is 6.43 Å². The van der Waals surface area contributed by atoms with Crippen LogP contribution >= 0.6 is 0 Å². The summed E-state index contributed by atoms with van der Waals surface area (Å²) >= 11 is 0. The lowest BCUT2D eigenvalue weighted by molar-refractivity contribution is 0.156. The molecule has 0 spiro atoms. The van der Waals surface area contributed by atoms with Crippen LogP contribution in [-0.2, 0) is 6.54 Å². The lowest BCUT2D eigenvalue weighted by Crippen LogP contribution is -2.25. The highest BCUT2D eigenvalue weighted by atomic mass is 19.3. The summed E-state index contributed by atoms with van der Waals surface area (Å²) in [4.78, 5) is 5.86. The van der Waals surface area contributed by atoms with Gasteiger partial charge in [-0.3, -0.25) is 0 Å². The van der Waals surface area contributed by atoms with Crippen LogP contribution in [0.1, 0.15) is 24.1 Å². The number of anilines is 1. The third-order valence-electron chi connectivity index (χ3n) is 3.14. The first kappa shape index (κ1) is 13.2. The number of aryl methyl sites for hydroxylation is 1. The molecule has 1 aromatic rings. The van der Waals surface area contributed by atoms with Gasteiger partial charge in [0.2, 0.25) is 0 Å². The summed E-state index contributed by atoms with van der Waals surface area (Å²) in [5, 5.41) is 3.42. The highest BCUT2D eigenvalue weighted by Crippen LogP contribution is 2.20. The third kappa shape index (κ3) is 3.63. The first-order valence-corrected chi connectivity index (χ1v) is 6.25. The van der Waals surface area contributed by atoms with Gasteiger partial charge >= 0.3 is 0 Å². The molecule has 0 bridgehead atoms. The molecule has 100 valence electrons. The lowest BCUT2D eigenvalue weighted by atomic mass is 10.2. The molecule has 3 nitrogen and oxygen atoms in total. The van der Waals surface area contributed by atoms with Crippen LogP contribution in [0.2, 0.25) is 0 Å². The molecular formula is C13H19F2N3. The van der Waals surface area contributed by atoms with Gasteiger partial charge in [0.15, 0.2) is 0 Å². The third-order valence-corrected chi connectivity index (χ3v) is 3.14. The topological polar surface area (TPSA) is 28.2 Å². The van der Waals surface area contributed by atoms with Crippen LogP contribution in [0.3, 0.4) is 0 Å². The molecule has 18 heavy (non-hydrogen) atoms. The van der Waals surface area contributed by atoms with Crippen LogP contribution in [0.15, 0.2) is 12.1 Å². The molecule has 1 N–H and O–H groups in total. The van der Waals surface area contributed by atoms with Crippen molar-refractivity contribution in [3.05, 3.63) is 23.4 Å². The van der Waals surface area contributed by atoms with Crippen molar-refractivity contribution in [1.29, 1.82) is 0 Å². The van der Waals surface area contributed by atoms with Crippen LogP contribution in [0.5, 0.6) is 0 Å². The molecule has 1 saturated carbocycles. The smallest absolute Gasteiger partial charge is 0.255 e. The van der Waals surface area contributed by atoms with E-state index in [0.717, 1.165) is 17.8 Å². The number of rotatable bonds is 6. The molecule has 1 aliphatic carbocycles. The summed E-state index contributed by atoms with van der Waals surface area (Å²) in [6, 6.07) is 4.43. The van der Waals surface area contributed by atoms with E-state index in [-0.39, 0.29) is 6.54 Å². The minimum atomic E-state index is -2.34. The van der Waals surface area contributed by atoms with Crippen LogP contribution in [0.25, 0.3) is 0 Å². The van der Waals surface area contributed by atoms with Gasteiger partial charge in [-0.05, 0) is 31.4 Å². The summed E-state index contributed by atoms with van der Waals surface area (Å²) < 4.78 is 24.6. The fourth-order valence-corrected chi connectivity index (χ4v) is 1.82. The number of halogens is 2. The minimum Gasteiger partial charge on any atom is -0.354 e. The van der Waals surface area contributed by atoms with Gasteiger partial charge in [0.05, 0.1) is 6.54 Å². The van der Waals surface area contributed by atoms with Gasteiger partial charge in [-0.1, -0.05) is 6.07 Å². The quantitative estimate of drug-likeness (QED) is 0.845. The van der Waals surface area contributed by atoms with Crippen LogP contribution in [0, 0.1) is 6.92 Å². The Kier molecular flexibility index (Phi) is 4.11. The second kappa shape index (κ2) is 5.61. The van der Waals surface area contributed by atoms with Crippen molar-refractivity contribution in [3.8, 4) is 0 Å². The number of hydrogen-bond acceptors (Lipinski definition) is 3. The Labute approximate surface area is 106 Å². The zero-order valence-electron chi connectivity index (χ0n) is 10.8. The fraction of sp³-hybridized carbons (Fsp3) is 0.615. The molecule has 1 heterocycles. The van der Waals surface area contributed by atoms with Crippen molar-refractivity contribution in [2.75, 3.05) is 18.5 Å². The molecule has 1 fully saturated rings. The second-order valence-corrected chi connectivity index (χ2v) is 4.84. The zero-order chi connectivity index (χ0) is 13.1. The summed E-state index contributed by atoms with van der Waals surface area (Å²) in [5.74, 6) is 0.600. The van der Waals surface area contributed by atoms with Crippen molar-refractivity contribution in [1.82, 2.24) is 10.3 Å². The number of nitrogens with one attached hydrogen (secondary N) is 1. The van der Waals surface area contributed by atoms with Gasteiger partial charge in [0, 0.05) is 25.3 Å². The monoisotopic (exact) mass is 255 g/mol. The highest BCUT2D eigenvalue weighted by molar-refractivity contribution is 5.40. The average molecular weight is 255 g/mol. The Morgan fingerprint density at radius 2 is 2.17 bits per heavy atom. The molecule has 0 amide bonds. The molecule has 0 unspecified atom stereocenters. The van der Waals surface area contributed by atoms with E-state index in [9.17, 15) is 8.78 Å². The van der Waals surface area contributed by atoms with E-state index in [1.54, 1.807) is 13.1 Å². The van der Waals surface area contributed by atoms with Crippen molar-refractivity contribution < 1.29 is 8.78 Å². The van der Waals surface area contributed by atoms with E-state index in [1.807, 2.05) is 13.0 Å². The maximum absolute atomic E-state index is 12.3. The maximum atomic E-state index is 12.3. The van der Waals surface area contributed by atoms with Crippen molar-refractivity contribution in [2.45, 2.75) is 38.8 Å². The Morgan fingerprint density at radius 3 is 2.72 bits per heavy atom. The minimum absolute atomic E-state index is 0.286. The Morgan fingerprint density at radius 1 is 1.44 bits per heavy atom. The number of alkyl halides is 2. The number of nitrogens with zero attached hydrogens (tertiary/aromatic N) is 2. The molecule has 0 aromatic carbocycles. The Balaban J connectivity index is 1.98. The van der Waals surface area contributed by atoms with E-state index < -0.39 is 6.43 Å². The second-order valence-electron chi connectivity index (χ2n) is 4.84. The molecule has 0 radical (unpaired) electrons. The van der Waals surface area contributed by atoms with Gasteiger partial charge < -0.3 is 10.2 Å². The first-order chi connectivity index (χ1) is 8.56. The predicted octanol–water partition coefficient (Wildman–Crippen LogP) is 2.34. The zero-order valence-corrected chi connectivity index (χ0v) is 10.8. The molecule has 1 aromatic heterocycles. The molecule has 1 aliphatic rings. The molecule has 0 saturated heterocycles. The first-order valence-electron chi connectivity index (χ1n) is 6.25. The molecule has 0 aliphatic heterocycles. The highest BCUT2D eigenvalue weighted by Gasteiger charge is 2.20. The summed E-state index contributed by atoms with van der Waals surface area (Å²) in [5.41, 5.74) is 2.04. The van der Waals surface area contributed by atoms with Crippen LogP contribution < -0.4 is 10.2 Å². The van der Waals surface area contributed by atoms with E-state index in [0.29, 0.717) is 11.9 Å². The van der Waals surface area contributed by atoms with E-state index in [1.165, 1.54) is 17.7 Å². The van der Waals surface area contributed by atoms with Gasteiger partial charge in [-0.2, -0.15) is 0 Å².